The van der Waals surface area contributed by atoms with Crippen LogP contribution >= 0.6 is 23.2 Å². The van der Waals surface area contributed by atoms with Gasteiger partial charge in [0.15, 0.2) is 0 Å². The number of hydrazine groups is 1. The molecule has 0 bridgehead atoms. The molecule has 0 aliphatic heterocycles. The number of hydrogen-bond donors (Lipinski definition) is 2. The van der Waals surface area contributed by atoms with E-state index in [1.165, 1.54) is 18.2 Å². The van der Waals surface area contributed by atoms with Crippen LogP contribution in [0.1, 0.15) is 5.56 Å². The van der Waals surface area contributed by atoms with Crippen molar-refractivity contribution in [1.29, 1.82) is 0 Å². The van der Waals surface area contributed by atoms with Gasteiger partial charge in [-0.05, 0) is 42.8 Å². The molecule has 0 fully saturated rings. The number of carbonyl (C=O) groups excluding carboxylic acids is 1. The van der Waals surface area contributed by atoms with Crippen molar-refractivity contribution in [3.8, 4) is 0 Å². The van der Waals surface area contributed by atoms with Crippen molar-refractivity contribution < 1.29 is 13.2 Å². The largest absolute Gasteiger partial charge is 0.293 e. The molecule has 0 saturated heterocycles. The maximum atomic E-state index is 13.0. The Balaban J connectivity index is 2.56. The minimum atomic E-state index is -4.04. The first-order valence-corrected chi connectivity index (χ1v) is 8.99. The second kappa shape index (κ2) is 7.40. The van der Waals surface area contributed by atoms with Gasteiger partial charge in [0.2, 0.25) is 0 Å². The van der Waals surface area contributed by atoms with Crippen molar-refractivity contribution in [3.05, 3.63) is 58.1 Å². The normalized spacial score (nSPS) is 11.2. The first kappa shape index (κ1) is 18.5. The SMILES string of the molecule is Cc1cccc(N(CC(=O)NN)S(=O)(=O)c2ccc(Cl)c(Cl)c2)c1. The molecule has 0 heterocycles. The molecule has 2 aromatic rings. The zero-order chi connectivity index (χ0) is 17.9. The highest BCUT2D eigenvalue weighted by Crippen LogP contribution is 2.29. The molecule has 0 aromatic heterocycles. The molecule has 2 rings (SSSR count). The molecule has 0 unspecified atom stereocenters. The van der Waals surface area contributed by atoms with E-state index < -0.39 is 22.5 Å². The minimum absolute atomic E-state index is 0.0803. The molecule has 6 nitrogen and oxygen atoms in total. The van der Waals surface area contributed by atoms with Gasteiger partial charge in [0.1, 0.15) is 6.54 Å². The third-order valence-corrected chi connectivity index (χ3v) is 5.73. The summed E-state index contributed by atoms with van der Waals surface area (Å²) >= 11 is 11.7. The summed E-state index contributed by atoms with van der Waals surface area (Å²) in [4.78, 5) is 11.6. The van der Waals surface area contributed by atoms with E-state index in [0.29, 0.717) is 5.69 Å². The molecule has 24 heavy (non-hydrogen) atoms. The zero-order valence-electron chi connectivity index (χ0n) is 12.7. The van der Waals surface area contributed by atoms with Crippen LogP contribution in [0.4, 0.5) is 5.69 Å². The number of nitrogens with two attached hydrogens (primary N) is 1. The Hall–Kier alpha value is -1.80. The predicted octanol–water partition coefficient (Wildman–Crippen LogP) is 2.49. The first-order chi connectivity index (χ1) is 11.3. The average Bonchev–Trinajstić information content (AvgIpc) is 2.54. The van der Waals surface area contributed by atoms with Gasteiger partial charge in [-0.25, -0.2) is 14.3 Å². The summed E-state index contributed by atoms with van der Waals surface area (Å²) in [7, 11) is -4.04. The van der Waals surface area contributed by atoms with E-state index >= 15 is 0 Å². The van der Waals surface area contributed by atoms with Crippen molar-refractivity contribution in [2.45, 2.75) is 11.8 Å². The van der Waals surface area contributed by atoms with Crippen LogP contribution in [0.5, 0.6) is 0 Å². The number of nitrogens with one attached hydrogen (secondary N) is 1. The van der Waals surface area contributed by atoms with Crippen molar-refractivity contribution in [2.24, 2.45) is 5.84 Å². The smallest absolute Gasteiger partial charge is 0.264 e. The van der Waals surface area contributed by atoms with E-state index in [1.54, 1.807) is 18.2 Å². The van der Waals surface area contributed by atoms with Crippen molar-refractivity contribution in [1.82, 2.24) is 5.43 Å². The molecule has 0 aliphatic carbocycles. The number of sulfonamides is 1. The van der Waals surface area contributed by atoms with E-state index in [4.69, 9.17) is 29.0 Å². The van der Waals surface area contributed by atoms with E-state index in [-0.39, 0.29) is 14.9 Å². The quantitative estimate of drug-likeness (QED) is 0.468. The maximum Gasteiger partial charge on any atom is 0.264 e. The predicted molar refractivity (Wildman–Crippen MR) is 94.5 cm³/mol. The summed E-state index contributed by atoms with van der Waals surface area (Å²) < 4.78 is 26.9. The highest BCUT2D eigenvalue weighted by atomic mass is 35.5. The van der Waals surface area contributed by atoms with Crippen LogP contribution in [0.2, 0.25) is 10.0 Å². The number of anilines is 1. The number of carbonyl (C=O) groups is 1. The number of hydrogen-bond acceptors (Lipinski definition) is 4. The van der Waals surface area contributed by atoms with Crippen LogP contribution in [0.3, 0.4) is 0 Å². The molecule has 1 amide bonds. The molecule has 0 spiro atoms. The summed E-state index contributed by atoms with van der Waals surface area (Å²) in [6.07, 6.45) is 0. The van der Waals surface area contributed by atoms with Crippen molar-refractivity contribution in [2.75, 3.05) is 10.8 Å². The Labute approximate surface area is 150 Å². The summed E-state index contributed by atoms with van der Waals surface area (Å²) in [6, 6.07) is 10.7. The van der Waals surface area contributed by atoms with E-state index in [2.05, 4.69) is 0 Å². The lowest BCUT2D eigenvalue weighted by molar-refractivity contribution is -0.119. The van der Waals surface area contributed by atoms with Gasteiger partial charge >= 0.3 is 0 Å². The summed E-state index contributed by atoms with van der Waals surface area (Å²) in [5.74, 6) is 4.44. The summed E-state index contributed by atoms with van der Waals surface area (Å²) in [6.45, 7) is 1.35. The molecule has 0 aliphatic rings. The van der Waals surface area contributed by atoms with Crippen LogP contribution in [0, 0.1) is 6.92 Å². The third kappa shape index (κ3) is 3.99. The molecule has 0 radical (unpaired) electrons. The van der Waals surface area contributed by atoms with E-state index in [1.807, 2.05) is 18.4 Å². The molecular weight excluding hydrogens is 373 g/mol. The van der Waals surface area contributed by atoms with E-state index in [0.717, 1.165) is 9.87 Å². The van der Waals surface area contributed by atoms with Crippen LogP contribution in [0.25, 0.3) is 0 Å². The molecule has 0 saturated carbocycles. The second-order valence-electron chi connectivity index (χ2n) is 4.99. The number of aryl methyl sites for hydroxylation is 1. The van der Waals surface area contributed by atoms with Crippen LogP contribution in [0.15, 0.2) is 47.4 Å². The van der Waals surface area contributed by atoms with Crippen molar-refractivity contribution in [3.63, 3.8) is 0 Å². The van der Waals surface area contributed by atoms with Crippen LogP contribution in [-0.4, -0.2) is 20.9 Å². The lowest BCUT2D eigenvalue weighted by atomic mass is 10.2. The Morgan fingerprint density at radius 3 is 2.46 bits per heavy atom. The third-order valence-electron chi connectivity index (χ3n) is 3.22. The summed E-state index contributed by atoms with van der Waals surface area (Å²) in [5, 5.41) is 0.336. The topological polar surface area (TPSA) is 92.5 Å². The lowest BCUT2D eigenvalue weighted by Crippen LogP contribution is -2.43. The van der Waals surface area contributed by atoms with Crippen LogP contribution in [-0.2, 0) is 14.8 Å². The molecule has 3 N–H and O–H groups in total. The van der Waals surface area contributed by atoms with Gasteiger partial charge in [0, 0.05) is 0 Å². The van der Waals surface area contributed by atoms with Gasteiger partial charge in [-0.2, -0.15) is 0 Å². The molecule has 0 atom stereocenters. The van der Waals surface area contributed by atoms with Gasteiger partial charge in [0.25, 0.3) is 15.9 Å². The van der Waals surface area contributed by atoms with Gasteiger partial charge < -0.3 is 0 Å². The summed E-state index contributed by atoms with van der Waals surface area (Å²) in [5.41, 5.74) is 3.11. The molecule has 9 heteroatoms. The molecule has 128 valence electrons. The zero-order valence-corrected chi connectivity index (χ0v) is 15.0. The van der Waals surface area contributed by atoms with Crippen LogP contribution < -0.4 is 15.6 Å². The van der Waals surface area contributed by atoms with Gasteiger partial charge in [-0.3, -0.25) is 14.5 Å². The lowest BCUT2D eigenvalue weighted by Gasteiger charge is -2.24. The standard InChI is InChI=1S/C15H15Cl2N3O3S/c1-10-3-2-4-11(7-10)20(9-15(21)19-18)24(22,23)12-5-6-13(16)14(17)8-12/h2-8H,9,18H2,1H3,(H,19,21). The average molecular weight is 388 g/mol. The van der Waals surface area contributed by atoms with Gasteiger partial charge in [0.05, 0.1) is 20.6 Å². The fourth-order valence-electron chi connectivity index (χ4n) is 2.04. The van der Waals surface area contributed by atoms with Gasteiger partial charge in [-0.1, -0.05) is 35.3 Å². The van der Waals surface area contributed by atoms with E-state index in [9.17, 15) is 13.2 Å². The Morgan fingerprint density at radius 2 is 1.88 bits per heavy atom. The van der Waals surface area contributed by atoms with Gasteiger partial charge in [-0.15, -0.1) is 0 Å². The van der Waals surface area contributed by atoms with Crippen molar-refractivity contribution >= 4 is 44.8 Å². The monoisotopic (exact) mass is 387 g/mol. The highest BCUT2D eigenvalue weighted by Gasteiger charge is 2.27. The number of amides is 1. The fraction of sp³-hybridized carbons (Fsp3) is 0.133. The Kier molecular flexibility index (Phi) is 5.71. The minimum Gasteiger partial charge on any atom is -0.293 e. The number of halogens is 2. The number of rotatable bonds is 5. The highest BCUT2D eigenvalue weighted by molar-refractivity contribution is 7.92. The number of nitrogens with zero attached hydrogens (tertiary/aromatic N) is 1. The molecular formula is C15H15Cl2N3O3S. The second-order valence-corrected chi connectivity index (χ2v) is 7.67. The number of benzene rings is 2. The molecule has 2 aromatic carbocycles. The maximum absolute atomic E-state index is 13.0. The fourth-order valence-corrected chi connectivity index (χ4v) is 3.84. The Bertz CT molecular complexity index is 872. The Morgan fingerprint density at radius 1 is 1.17 bits per heavy atom. The first-order valence-electron chi connectivity index (χ1n) is 6.79.